The smallest absolute Gasteiger partial charge is 0.147 e. The van der Waals surface area contributed by atoms with Gasteiger partial charge in [0.05, 0.1) is 16.7 Å². The minimum atomic E-state index is -0.121. The SMILES string of the molecule is OCc1ccc(Br)cc1Oc1cc(Cl)c(Br)cc1Cl. The van der Waals surface area contributed by atoms with Crippen molar-refractivity contribution < 1.29 is 9.84 Å². The van der Waals surface area contributed by atoms with E-state index in [0.717, 1.165) is 4.47 Å². The van der Waals surface area contributed by atoms with E-state index in [0.29, 0.717) is 31.6 Å². The van der Waals surface area contributed by atoms with Gasteiger partial charge in [-0.05, 0) is 34.1 Å². The van der Waals surface area contributed by atoms with Gasteiger partial charge in [-0.15, -0.1) is 0 Å². The first-order valence-corrected chi connectivity index (χ1v) is 7.57. The summed E-state index contributed by atoms with van der Waals surface area (Å²) in [6, 6.07) is 8.64. The van der Waals surface area contributed by atoms with Crippen LogP contribution in [0.5, 0.6) is 11.5 Å². The van der Waals surface area contributed by atoms with Crippen LogP contribution < -0.4 is 4.74 Å². The Bertz CT molecular complexity index is 618. The van der Waals surface area contributed by atoms with E-state index in [4.69, 9.17) is 27.9 Å². The zero-order valence-corrected chi connectivity index (χ0v) is 14.1. The van der Waals surface area contributed by atoms with Crippen LogP contribution in [0.1, 0.15) is 5.56 Å². The summed E-state index contributed by atoms with van der Waals surface area (Å²) in [5.74, 6) is 0.958. The van der Waals surface area contributed by atoms with E-state index in [-0.39, 0.29) is 6.61 Å². The van der Waals surface area contributed by atoms with Crippen molar-refractivity contribution in [3.05, 3.63) is 54.9 Å². The van der Waals surface area contributed by atoms with Crippen molar-refractivity contribution in [2.75, 3.05) is 0 Å². The maximum Gasteiger partial charge on any atom is 0.147 e. The van der Waals surface area contributed by atoms with Gasteiger partial charge in [0.25, 0.3) is 0 Å². The number of aliphatic hydroxyl groups is 1. The van der Waals surface area contributed by atoms with Crippen LogP contribution >= 0.6 is 55.1 Å². The molecular formula is C13H8Br2Cl2O2. The summed E-state index contributed by atoms with van der Waals surface area (Å²) in [7, 11) is 0. The average molecular weight is 427 g/mol. The van der Waals surface area contributed by atoms with Gasteiger partial charge in [0.2, 0.25) is 0 Å². The molecule has 0 aromatic heterocycles. The Morgan fingerprint density at radius 3 is 2.42 bits per heavy atom. The molecule has 0 spiro atoms. The molecule has 2 aromatic carbocycles. The van der Waals surface area contributed by atoms with Gasteiger partial charge in [0, 0.05) is 20.6 Å². The molecule has 2 nitrogen and oxygen atoms in total. The average Bonchev–Trinajstić information content (AvgIpc) is 2.36. The van der Waals surface area contributed by atoms with E-state index in [1.165, 1.54) is 0 Å². The molecule has 2 rings (SSSR count). The lowest BCUT2D eigenvalue weighted by molar-refractivity contribution is 0.276. The predicted octanol–water partition coefficient (Wildman–Crippen LogP) is 5.80. The van der Waals surface area contributed by atoms with Crippen LogP contribution in [0.25, 0.3) is 0 Å². The van der Waals surface area contributed by atoms with Gasteiger partial charge < -0.3 is 9.84 Å². The summed E-state index contributed by atoms with van der Waals surface area (Å²) in [5, 5.41) is 10.2. The monoisotopic (exact) mass is 424 g/mol. The van der Waals surface area contributed by atoms with Crippen LogP contribution in [0.3, 0.4) is 0 Å². The molecule has 100 valence electrons. The number of ether oxygens (including phenoxy) is 1. The van der Waals surface area contributed by atoms with Crippen LogP contribution in [0.4, 0.5) is 0 Å². The normalized spacial score (nSPS) is 10.6. The Labute approximate surface area is 137 Å². The zero-order valence-electron chi connectivity index (χ0n) is 9.46. The Morgan fingerprint density at radius 2 is 1.74 bits per heavy atom. The van der Waals surface area contributed by atoms with Crippen molar-refractivity contribution in [3.63, 3.8) is 0 Å². The van der Waals surface area contributed by atoms with Gasteiger partial charge >= 0.3 is 0 Å². The fourth-order valence-electron chi connectivity index (χ4n) is 1.46. The first-order chi connectivity index (χ1) is 9.01. The van der Waals surface area contributed by atoms with Crippen LogP contribution in [0, 0.1) is 0 Å². The summed E-state index contributed by atoms with van der Waals surface area (Å²) < 4.78 is 7.26. The van der Waals surface area contributed by atoms with Crippen LogP contribution in [0.2, 0.25) is 10.0 Å². The molecule has 0 saturated heterocycles. The van der Waals surface area contributed by atoms with Gasteiger partial charge in [0.1, 0.15) is 11.5 Å². The molecule has 0 aliphatic carbocycles. The second-order valence-electron chi connectivity index (χ2n) is 3.71. The highest BCUT2D eigenvalue weighted by Gasteiger charge is 2.11. The lowest BCUT2D eigenvalue weighted by Crippen LogP contribution is -1.92. The minimum Gasteiger partial charge on any atom is -0.455 e. The zero-order chi connectivity index (χ0) is 14.0. The number of benzene rings is 2. The Hall–Kier alpha value is -0.260. The standard InChI is InChI=1S/C13H8Br2Cl2O2/c14-8-2-1-7(6-18)12(3-8)19-13-5-10(16)9(15)4-11(13)17/h1-5,18H,6H2. The highest BCUT2D eigenvalue weighted by Crippen LogP contribution is 2.38. The number of halogens is 4. The number of rotatable bonds is 3. The first kappa shape index (κ1) is 15.1. The molecule has 0 aliphatic heterocycles. The van der Waals surface area contributed by atoms with E-state index in [2.05, 4.69) is 31.9 Å². The minimum absolute atomic E-state index is 0.121. The number of hydrogen-bond donors (Lipinski definition) is 1. The van der Waals surface area contributed by atoms with Crippen molar-refractivity contribution in [1.82, 2.24) is 0 Å². The molecule has 0 amide bonds. The lowest BCUT2D eigenvalue weighted by atomic mass is 10.2. The van der Waals surface area contributed by atoms with Gasteiger partial charge in [-0.25, -0.2) is 0 Å². The molecule has 0 bridgehead atoms. The summed E-state index contributed by atoms with van der Waals surface area (Å²) in [6.45, 7) is -0.121. The van der Waals surface area contributed by atoms with Crippen LogP contribution in [-0.4, -0.2) is 5.11 Å². The molecule has 0 fully saturated rings. The second-order valence-corrected chi connectivity index (χ2v) is 6.29. The summed E-state index contributed by atoms with van der Waals surface area (Å²) in [4.78, 5) is 0. The molecule has 1 N–H and O–H groups in total. The molecule has 0 heterocycles. The van der Waals surface area contributed by atoms with Crippen molar-refractivity contribution in [1.29, 1.82) is 0 Å². The van der Waals surface area contributed by atoms with Crippen molar-refractivity contribution in [2.45, 2.75) is 6.61 Å². The molecule has 0 unspecified atom stereocenters. The summed E-state index contributed by atoms with van der Waals surface area (Å²) in [6.07, 6.45) is 0. The Morgan fingerprint density at radius 1 is 1.00 bits per heavy atom. The van der Waals surface area contributed by atoms with Crippen molar-refractivity contribution in [2.24, 2.45) is 0 Å². The number of hydrogen-bond acceptors (Lipinski definition) is 2. The Kier molecular flexibility index (Phi) is 5.15. The van der Waals surface area contributed by atoms with E-state index in [1.807, 2.05) is 6.07 Å². The first-order valence-electron chi connectivity index (χ1n) is 5.23. The fourth-order valence-corrected chi connectivity index (χ4v) is 2.63. The van der Waals surface area contributed by atoms with Crippen molar-refractivity contribution >= 4 is 55.1 Å². The van der Waals surface area contributed by atoms with Crippen LogP contribution in [0.15, 0.2) is 39.3 Å². The van der Waals surface area contributed by atoms with Gasteiger partial charge in [-0.2, -0.15) is 0 Å². The molecular weight excluding hydrogens is 419 g/mol. The quantitative estimate of drug-likeness (QED) is 0.628. The van der Waals surface area contributed by atoms with Crippen LogP contribution in [-0.2, 0) is 6.61 Å². The molecule has 6 heteroatoms. The predicted molar refractivity (Wildman–Crippen MR) is 84.3 cm³/mol. The van der Waals surface area contributed by atoms with E-state index < -0.39 is 0 Å². The highest BCUT2D eigenvalue weighted by molar-refractivity contribution is 9.10. The summed E-state index contributed by atoms with van der Waals surface area (Å²) >= 11 is 18.8. The van der Waals surface area contributed by atoms with E-state index >= 15 is 0 Å². The fraction of sp³-hybridized carbons (Fsp3) is 0.0769. The molecule has 2 aromatic rings. The third-order valence-corrected chi connectivity index (χ3v) is 4.38. The molecule has 0 saturated carbocycles. The van der Waals surface area contributed by atoms with Gasteiger partial charge in [-0.3, -0.25) is 0 Å². The third-order valence-electron chi connectivity index (χ3n) is 2.39. The van der Waals surface area contributed by atoms with Crippen molar-refractivity contribution in [3.8, 4) is 11.5 Å². The molecule has 0 radical (unpaired) electrons. The highest BCUT2D eigenvalue weighted by atomic mass is 79.9. The maximum absolute atomic E-state index is 9.29. The summed E-state index contributed by atoms with van der Waals surface area (Å²) in [5.41, 5.74) is 0.665. The molecule has 0 atom stereocenters. The third kappa shape index (κ3) is 3.64. The maximum atomic E-state index is 9.29. The number of aliphatic hydroxyl groups excluding tert-OH is 1. The van der Waals surface area contributed by atoms with Gasteiger partial charge in [0.15, 0.2) is 0 Å². The largest absolute Gasteiger partial charge is 0.455 e. The lowest BCUT2D eigenvalue weighted by Gasteiger charge is -2.12. The van der Waals surface area contributed by atoms with E-state index in [1.54, 1.807) is 24.3 Å². The second kappa shape index (κ2) is 6.46. The molecule has 0 aliphatic rings. The topological polar surface area (TPSA) is 29.5 Å². The van der Waals surface area contributed by atoms with Gasteiger partial charge in [-0.1, -0.05) is 45.2 Å². The molecule has 19 heavy (non-hydrogen) atoms. The van der Waals surface area contributed by atoms with E-state index in [9.17, 15) is 5.11 Å². The Balaban J connectivity index is 2.41.